The van der Waals surface area contributed by atoms with E-state index in [2.05, 4.69) is 18.8 Å². The van der Waals surface area contributed by atoms with Gasteiger partial charge >= 0.3 is 0 Å². The largest absolute Gasteiger partial charge is 0.479 e. The molecule has 2 nitrogen and oxygen atoms in total. The summed E-state index contributed by atoms with van der Waals surface area (Å²) in [5.74, 6) is 1.55. The van der Waals surface area contributed by atoms with Gasteiger partial charge in [0, 0.05) is 5.92 Å². The number of aliphatic imine (C=N–C) groups is 1. The Labute approximate surface area is 139 Å². The number of ether oxygens (including phenoxy) is 1. The van der Waals surface area contributed by atoms with Crippen molar-refractivity contribution >= 4 is 5.90 Å². The summed E-state index contributed by atoms with van der Waals surface area (Å²) in [7, 11) is 0. The molecule has 0 N–H and O–H groups in total. The maximum atomic E-state index is 5.53. The van der Waals surface area contributed by atoms with Crippen LogP contribution in [0.15, 0.2) is 4.99 Å². The highest BCUT2D eigenvalue weighted by Crippen LogP contribution is 2.16. The van der Waals surface area contributed by atoms with Crippen molar-refractivity contribution in [3.8, 4) is 0 Å². The molecule has 22 heavy (non-hydrogen) atoms. The summed E-state index contributed by atoms with van der Waals surface area (Å²) >= 11 is 0. The fourth-order valence-electron chi connectivity index (χ4n) is 3.24. The molecule has 0 aromatic heterocycles. The molecule has 0 saturated carbocycles. The minimum Gasteiger partial charge on any atom is -0.479 e. The Morgan fingerprint density at radius 3 is 1.77 bits per heavy atom. The molecule has 1 rings (SSSR count). The maximum Gasteiger partial charge on any atom is 0.186 e. The van der Waals surface area contributed by atoms with E-state index in [-0.39, 0.29) is 0 Å². The summed E-state index contributed by atoms with van der Waals surface area (Å²) in [6, 6.07) is 0. The molecule has 0 spiro atoms. The first-order valence-corrected chi connectivity index (χ1v) is 10.0. The van der Waals surface area contributed by atoms with Gasteiger partial charge < -0.3 is 4.74 Å². The zero-order valence-electron chi connectivity index (χ0n) is 15.2. The van der Waals surface area contributed by atoms with Gasteiger partial charge in [-0.3, -0.25) is 4.99 Å². The van der Waals surface area contributed by atoms with E-state index in [9.17, 15) is 0 Å². The van der Waals surface area contributed by atoms with Gasteiger partial charge in [-0.1, -0.05) is 97.3 Å². The lowest BCUT2D eigenvalue weighted by Gasteiger charge is -2.10. The van der Waals surface area contributed by atoms with Crippen LogP contribution in [0.25, 0.3) is 0 Å². The summed E-state index contributed by atoms with van der Waals surface area (Å²) in [6.07, 6.45) is 19.8. The Bertz CT molecular complexity index is 275. The van der Waals surface area contributed by atoms with Crippen LogP contribution in [-0.4, -0.2) is 19.0 Å². The van der Waals surface area contributed by atoms with Crippen LogP contribution < -0.4 is 0 Å². The van der Waals surface area contributed by atoms with E-state index in [4.69, 9.17) is 4.74 Å². The van der Waals surface area contributed by atoms with Crippen molar-refractivity contribution < 1.29 is 4.74 Å². The van der Waals surface area contributed by atoms with E-state index in [0.717, 1.165) is 19.0 Å². The Hall–Kier alpha value is -0.530. The van der Waals surface area contributed by atoms with E-state index < -0.39 is 0 Å². The van der Waals surface area contributed by atoms with Gasteiger partial charge in [-0.2, -0.15) is 0 Å². The Morgan fingerprint density at radius 2 is 1.32 bits per heavy atom. The minimum atomic E-state index is 0.537. The van der Waals surface area contributed by atoms with Crippen molar-refractivity contribution in [2.24, 2.45) is 10.9 Å². The second-order valence-electron chi connectivity index (χ2n) is 7.00. The first-order chi connectivity index (χ1) is 10.8. The van der Waals surface area contributed by atoms with Gasteiger partial charge in [0.2, 0.25) is 0 Å². The van der Waals surface area contributed by atoms with E-state index >= 15 is 0 Å². The first-order valence-electron chi connectivity index (χ1n) is 10.0. The zero-order valence-corrected chi connectivity index (χ0v) is 15.2. The molecule has 0 bridgehead atoms. The van der Waals surface area contributed by atoms with Crippen molar-refractivity contribution in [3.63, 3.8) is 0 Å². The van der Waals surface area contributed by atoms with Crippen LogP contribution in [0.2, 0.25) is 0 Å². The monoisotopic (exact) mass is 309 g/mol. The van der Waals surface area contributed by atoms with Crippen molar-refractivity contribution in [1.29, 1.82) is 0 Å². The molecule has 1 heterocycles. The van der Waals surface area contributed by atoms with Crippen molar-refractivity contribution in [3.05, 3.63) is 0 Å². The predicted molar refractivity (Wildman–Crippen MR) is 97.7 cm³/mol. The molecule has 1 aliphatic rings. The van der Waals surface area contributed by atoms with Crippen LogP contribution in [0, 0.1) is 5.92 Å². The van der Waals surface area contributed by atoms with Crippen LogP contribution in [-0.2, 0) is 4.74 Å². The second-order valence-corrected chi connectivity index (χ2v) is 7.00. The molecular formula is C20H39NO. The van der Waals surface area contributed by atoms with Gasteiger partial charge in [-0.05, 0) is 6.42 Å². The number of unbranched alkanes of at least 4 members (excludes halogenated alkanes) is 12. The van der Waals surface area contributed by atoms with E-state index in [1.807, 2.05) is 0 Å². The molecule has 1 atom stereocenters. The third-order valence-electron chi connectivity index (χ3n) is 4.77. The summed E-state index contributed by atoms with van der Waals surface area (Å²) in [4.78, 5) is 4.41. The summed E-state index contributed by atoms with van der Waals surface area (Å²) < 4.78 is 5.53. The van der Waals surface area contributed by atoms with Crippen LogP contribution >= 0.6 is 0 Å². The second kappa shape index (κ2) is 14.1. The average molecular weight is 310 g/mol. The highest BCUT2D eigenvalue weighted by Gasteiger charge is 2.15. The minimum absolute atomic E-state index is 0.537. The molecule has 0 fully saturated rings. The molecule has 130 valence electrons. The standard InChI is InChI=1S/C20H39NO/c1-3-4-5-6-7-8-9-10-11-12-13-14-15-16-19(2)20-21-17-18-22-20/h19H,3-18H2,1-2H3. The smallest absolute Gasteiger partial charge is 0.186 e. The predicted octanol–water partition coefficient (Wildman–Crippen LogP) is 6.53. The quantitative estimate of drug-likeness (QED) is 0.315. The van der Waals surface area contributed by atoms with Crippen LogP contribution in [0.5, 0.6) is 0 Å². The van der Waals surface area contributed by atoms with Gasteiger partial charge in [-0.15, -0.1) is 0 Å². The third-order valence-corrected chi connectivity index (χ3v) is 4.77. The van der Waals surface area contributed by atoms with Gasteiger partial charge in [-0.25, -0.2) is 0 Å². The van der Waals surface area contributed by atoms with E-state index in [0.29, 0.717) is 5.92 Å². The van der Waals surface area contributed by atoms with E-state index in [1.54, 1.807) is 0 Å². The lowest BCUT2D eigenvalue weighted by molar-refractivity contribution is 0.320. The van der Waals surface area contributed by atoms with Crippen LogP contribution in [0.1, 0.15) is 104 Å². The fraction of sp³-hybridized carbons (Fsp3) is 0.950. The number of nitrogens with zero attached hydrogens (tertiary/aromatic N) is 1. The molecule has 0 aromatic rings. The maximum absolute atomic E-state index is 5.53. The molecule has 0 aliphatic carbocycles. The molecule has 0 radical (unpaired) electrons. The lowest BCUT2D eigenvalue weighted by Crippen LogP contribution is -2.11. The van der Waals surface area contributed by atoms with Gasteiger partial charge in [0.05, 0.1) is 6.54 Å². The summed E-state index contributed by atoms with van der Waals surface area (Å²) in [5.41, 5.74) is 0. The molecule has 0 aromatic carbocycles. The Balaban J connectivity index is 1.74. The molecular weight excluding hydrogens is 270 g/mol. The van der Waals surface area contributed by atoms with Crippen molar-refractivity contribution in [2.45, 2.75) is 104 Å². The molecule has 1 unspecified atom stereocenters. The number of hydrogen-bond donors (Lipinski definition) is 0. The van der Waals surface area contributed by atoms with Crippen molar-refractivity contribution in [2.75, 3.05) is 13.2 Å². The topological polar surface area (TPSA) is 21.6 Å². The SMILES string of the molecule is CCCCCCCCCCCCCCCC(C)C1=NCCO1. The lowest BCUT2D eigenvalue weighted by atomic mass is 10.0. The molecule has 1 aliphatic heterocycles. The molecule has 2 heteroatoms. The van der Waals surface area contributed by atoms with Gasteiger partial charge in [0.25, 0.3) is 0 Å². The molecule has 0 amide bonds. The summed E-state index contributed by atoms with van der Waals surface area (Å²) in [6.45, 7) is 6.22. The first kappa shape index (κ1) is 19.5. The Morgan fingerprint density at radius 1 is 0.818 bits per heavy atom. The van der Waals surface area contributed by atoms with E-state index in [1.165, 1.54) is 89.9 Å². The number of rotatable bonds is 15. The highest BCUT2D eigenvalue weighted by molar-refractivity contribution is 5.79. The summed E-state index contributed by atoms with van der Waals surface area (Å²) in [5, 5.41) is 0. The van der Waals surface area contributed by atoms with Crippen molar-refractivity contribution in [1.82, 2.24) is 0 Å². The van der Waals surface area contributed by atoms with Gasteiger partial charge in [0.1, 0.15) is 6.61 Å². The zero-order chi connectivity index (χ0) is 15.9. The molecule has 0 saturated heterocycles. The Kier molecular flexibility index (Phi) is 12.5. The highest BCUT2D eigenvalue weighted by atomic mass is 16.5. The van der Waals surface area contributed by atoms with Gasteiger partial charge in [0.15, 0.2) is 5.90 Å². The third kappa shape index (κ3) is 10.2. The fourth-order valence-corrected chi connectivity index (χ4v) is 3.24. The number of hydrogen-bond acceptors (Lipinski definition) is 2. The van der Waals surface area contributed by atoms with Crippen LogP contribution in [0.4, 0.5) is 0 Å². The van der Waals surface area contributed by atoms with Crippen LogP contribution in [0.3, 0.4) is 0 Å². The average Bonchev–Trinajstić information content (AvgIpc) is 3.06. The normalized spacial score (nSPS) is 15.6.